The third-order valence-corrected chi connectivity index (χ3v) is 6.56. The summed E-state index contributed by atoms with van der Waals surface area (Å²) in [7, 11) is 3.62. The molecule has 3 aromatic rings. The molecule has 1 aromatic heterocycles. The zero-order valence-electron chi connectivity index (χ0n) is 18.2. The average molecular weight is 420 g/mol. The van der Waals surface area contributed by atoms with Gasteiger partial charge in [0, 0.05) is 45.7 Å². The van der Waals surface area contributed by atoms with Gasteiger partial charge >= 0.3 is 6.03 Å². The van der Waals surface area contributed by atoms with Crippen molar-refractivity contribution in [2.45, 2.75) is 12.3 Å². The van der Waals surface area contributed by atoms with Gasteiger partial charge in [-0.05, 0) is 37.2 Å². The first-order valence-electron chi connectivity index (χ1n) is 11.0. The van der Waals surface area contributed by atoms with Gasteiger partial charge in [-0.15, -0.1) is 0 Å². The molecule has 0 N–H and O–H groups in total. The number of aromatic nitrogens is 2. The Hall–Kier alpha value is -3.06. The molecular formula is C24H29N5O2. The quantitative estimate of drug-likeness (QED) is 0.635. The van der Waals surface area contributed by atoms with Crippen molar-refractivity contribution in [2.75, 3.05) is 58.3 Å². The number of benzene rings is 2. The van der Waals surface area contributed by atoms with Crippen LogP contribution in [0.5, 0.6) is 5.75 Å². The van der Waals surface area contributed by atoms with Crippen molar-refractivity contribution in [3.8, 4) is 5.75 Å². The van der Waals surface area contributed by atoms with Crippen molar-refractivity contribution >= 4 is 22.8 Å². The second-order valence-electron chi connectivity index (χ2n) is 8.44. The molecule has 1 atom stereocenters. The molecule has 7 heteroatoms. The van der Waals surface area contributed by atoms with Crippen LogP contribution in [0.25, 0.3) is 11.0 Å². The van der Waals surface area contributed by atoms with Crippen LogP contribution in [0.3, 0.4) is 0 Å². The summed E-state index contributed by atoms with van der Waals surface area (Å²) in [5, 5.41) is 0. The summed E-state index contributed by atoms with van der Waals surface area (Å²) in [6, 6.07) is 16.2. The number of carbonyl (C=O) groups is 1. The van der Waals surface area contributed by atoms with Gasteiger partial charge in [0.1, 0.15) is 11.6 Å². The number of fused-ring (bicyclic) bond motifs is 3. The van der Waals surface area contributed by atoms with E-state index in [4.69, 9.17) is 9.72 Å². The molecule has 2 aromatic carbocycles. The summed E-state index contributed by atoms with van der Waals surface area (Å²) in [6.45, 7) is 5.76. The topological polar surface area (TPSA) is 53.8 Å². The lowest BCUT2D eigenvalue weighted by molar-refractivity contribution is 0.190. The Labute approximate surface area is 182 Å². The average Bonchev–Trinajstić information content (AvgIpc) is 3.21. The second kappa shape index (κ2) is 8.23. The molecular weight excluding hydrogens is 390 g/mol. The van der Waals surface area contributed by atoms with Gasteiger partial charge < -0.3 is 14.5 Å². The lowest BCUT2D eigenvalue weighted by Gasteiger charge is -2.37. The molecule has 1 unspecified atom stereocenters. The largest absolute Gasteiger partial charge is 0.495 e. The number of likely N-dealkylation sites (N-methyl/N-ethyl adjacent to an activating group) is 1. The van der Waals surface area contributed by atoms with Crippen molar-refractivity contribution in [3.05, 3.63) is 54.4 Å². The van der Waals surface area contributed by atoms with E-state index in [1.807, 2.05) is 52.9 Å². The molecule has 3 heterocycles. The zero-order chi connectivity index (χ0) is 21.4. The van der Waals surface area contributed by atoms with Crippen LogP contribution < -0.4 is 9.64 Å². The molecule has 2 aliphatic rings. The fourth-order valence-electron chi connectivity index (χ4n) is 4.84. The van der Waals surface area contributed by atoms with E-state index in [-0.39, 0.29) is 11.9 Å². The van der Waals surface area contributed by atoms with E-state index in [0.717, 1.165) is 68.3 Å². The van der Waals surface area contributed by atoms with E-state index < -0.39 is 0 Å². The molecule has 1 saturated heterocycles. The van der Waals surface area contributed by atoms with Crippen LogP contribution in [0.4, 0.5) is 10.5 Å². The first kappa shape index (κ1) is 19.9. The van der Waals surface area contributed by atoms with E-state index in [1.165, 1.54) is 5.69 Å². The SMILES string of the molecule is COc1ccccc1N1CCN(CCC2CN(C)C(=O)n3c2nc2ccccc23)CC1. The maximum atomic E-state index is 12.8. The summed E-state index contributed by atoms with van der Waals surface area (Å²) in [6.07, 6.45) is 0.996. The van der Waals surface area contributed by atoms with Gasteiger partial charge in [-0.2, -0.15) is 0 Å². The van der Waals surface area contributed by atoms with E-state index >= 15 is 0 Å². The molecule has 0 radical (unpaired) electrons. The van der Waals surface area contributed by atoms with Gasteiger partial charge in [-0.3, -0.25) is 4.90 Å². The predicted molar refractivity (Wildman–Crippen MR) is 122 cm³/mol. The van der Waals surface area contributed by atoms with Gasteiger partial charge in [0.15, 0.2) is 0 Å². The van der Waals surface area contributed by atoms with Crippen molar-refractivity contribution < 1.29 is 9.53 Å². The van der Waals surface area contributed by atoms with Crippen LogP contribution in [-0.4, -0.2) is 78.8 Å². The summed E-state index contributed by atoms with van der Waals surface area (Å²) in [5.41, 5.74) is 2.98. The molecule has 0 bridgehead atoms. The minimum atomic E-state index is 0.0189. The number of ether oxygens (including phenoxy) is 1. The fraction of sp³-hybridized carbons (Fsp3) is 0.417. The highest BCUT2D eigenvalue weighted by Crippen LogP contribution is 2.31. The van der Waals surface area contributed by atoms with Crippen molar-refractivity contribution in [3.63, 3.8) is 0 Å². The van der Waals surface area contributed by atoms with Crippen LogP contribution in [0.1, 0.15) is 18.2 Å². The first-order valence-corrected chi connectivity index (χ1v) is 11.0. The number of piperazine rings is 1. The number of methoxy groups -OCH3 is 1. The number of nitrogens with zero attached hydrogens (tertiary/aromatic N) is 5. The van der Waals surface area contributed by atoms with Crippen LogP contribution in [0, 0.1) is 0 Å². The molecule has 1 fully saturated rings. The number of anilines is 1. The number of imidazole rings is 1. The van der Waals surface area contributed by atoms with Crippen molar-refractivity contribution in [1.29, 1.82) is 0 Å². The molecule has 0 saturated carbocycles. The summed E-state index contributed by atoms with van der Waals surface area (Å²) < 4.78 is 7.34. The van der Waals surface area contributed by atoms with E-state index in [1.54, 1.807) is 7.11 Å². The van der Waals surface area contributed by atoms with Crippen molar-refractivity contribution in [2.24, 2.45) is 0 Å². The Morgan fingerprint density at radius 2 is 1.77 bits per heavy atom. The molecule has 162 valence electrons. The Bertz CT molecular complexity index is 1090. The van der Waals surface area contributed by atoms with Crippen LogP contribution in [-0.2, 0) is 0 Å². The maximum Gasteiger partial charge on any atom is 0.329 e. The number of para-hydroxylation sites is 4. The second-order valence-corrected chi connectivity index (χ2v) is 8.44. The third-order valence-electron chi connectivity index (χ3n) is 6.56. The highest BCUT2D eigenvalue weighted by molar-refractivity contribution is 5.91. The fourth-order valence-corrected chi connectivity index (χ4v) is 4.84. The van der Waals surface area contributed by atoms with E-state index in [2.05, 4.69) is 21.9 Å². The smallest absolute Gasteiger partial charge is 0.329 e. The Kier molecular flexibility index (Phi) is 5.28. The maximum absolute atomic E-state index is 12.8. The van der Waals surface area contributed by atoms with Gasteiger partial charge in [0.25, 0.3) is 0 Å². The van der Waals surface area contributed by atoms with Gasteiger partial charge in [-0.25, -0.2) is 14.3 Å². The number of hydrogen-bond acceptors (Lipinski definition) is 5. The molecule has 2 aliphatic heterocycles. The highest BCUT2D eigenvalue weighted by Gasteiger charge is 2.32. The third kappa shape index (κ3) is 3.63. The number of hydrogen-bond donors (Lipinski definition) is 0. The number of carbonyl (C=O) groups excluding carboxylic acids is 1. The lowest BCUT2D eigenvalue weighted by Crippen LogP contribution is -2.47. The van der Waals surface area contributed by atoms with Gasteiger partial charge in [0.05, 0.1) is 23.8 Å². The van der Waals surface area contributed by atoms with Gasteiger partial charge in [0.2, 0.25) is 0 Å². The molecule has 1 amide bonds. The zero-order valence-corrected chi connectivity index (χ0v) is 18.2. The van der Waals surface area contributed by atoms with Crippen molar-refractivity contribution in [1.82, 2.24) is 19.4 Å². The molecule has 0 aliphatic carbocycles. The molecule has 0 spiro atoms. The van der Waals surface area contributed by atoms with Gasteiger partial charge in [-0.1, -0.05) is 24.3 Å². The minimum absolute atomic E-state index is 0.0189. The number of amides is 1. The standard InChI is InChI=1S/C24H29N5O2/c1-26-17-18(23-25-19-7-3-4-8-20(19)29(23)24(26)30)11-12-27-13-15-28(16-14-27)21-9-5-6-10-22(21)31-2/h3-10,18H,11-17H2,1-2H3. The monoisotopic (exact) mass is 419 g/mol. The normalized spacial score (nSPS) is 19.7. The van der Waals surface area contributed by atoms with Crippen LogP contribution in [0.15, 0.2) is 48.5 Å². The van der Waals surface area contributed by atoms with E-state index in [9.17, 15) is 4.79 Å². The van der Waals surface area contributed by atoms with Crippen LogP contribution in [0.2, 0.25) is 0 Å². The molecule has 7 nitrogen and oxygen atoms in total. The molecule has 31 heavy (non-hydrogen) atoms. The molecule has 5 rings (SSSR count). The Balaban J connectivity index is 1.25. The summed E-state index contributed by atoms with van der Waals surface area (Å²) in [4.78, 5) is 24.4. The first-order chi connectivity index (χ1) is 15.2. The highest BCUT2D eigenvalue weighted by atomic mass is 16.5. The Morgan fingerprint density at radius 1 is 1.03 bits per heavy atom. The number of rotatable bonds is 5. The van der Waals surface area contributed by atoms with E-state index in [0.29, 0.717) is 0 Å². The Morgan fingerprint density at radius 3 is 2.58 bits per heavy atom. The lowest BCUT2D eigenvalue weighted by atomic mass is 10.0. The summed E-state index contributed by atoms with van der Waals surface area (Å²) >= 11 is 0. The minimum Gasteiger partial charge on any atom is -0.495 e. The van der Waals surface area contributed by atoms with Crippen LogP contribution >= 0.6 is 0 Å². The predicted octanol–water partition coefficient (Wildman–Crippen LogP) is 3.25. The summed E-state index contributed by atoms with van der Waals surface area (Å²) in [5.74, 6) is 2.10.